The van der Waals surface area contributed by atoms with Crippen LogP contribution in [-0.2, 0) is 46.1 Å². The number of hydrogen-bond acceptors (Lipinski definition) is 8. The van der Waals surface area contributed by atoms with Gasteiger partial charge in [0.2, 0.25) is 10.0 Å². The number of hydrogen-bond donors (Lipinski definition) is 1. The first-order chi connectivity index (χ1) is 14.5. The first kappa shape index (κ1) is 23.8. The van der Waals surface area contributed by atoms with Gasteiger partial charge >= 0.3 is 0 Å². The van der Waals surface area contributed by atoms with E-state index in [1.165, 1.54) is 46.8 Å². The van der Waals surface area contributed by atoms with Crippen molar-refractivity contribution in [2.45, 2.75) is 21.3 Å². The Kier molecular flexibility index (Phi) is 7.15. The van der Waals surface area contributed by atoms with Crippen LogP contribution in [-0.4, -0.2) is 62.1 Å². The van der Waals surface area contributed by atoms with Crippen molar-refractivity contribution in [1.82, 2.24) is 9.19 Å². The first-order valence-corrected chi connectivity index (χ1v) is 13.9. The van der Waals surface area contributed by atoms with E-state index < -0.39 is 34.8 Å². The van der Waals surface area contributed by atoms with Crippen LogP contribution in [0, 0.1) is 0 Å². The summed E-state index contributed by atoms with van der Waals surface area (Å²) in [5.74, 6) is 0. The van der Waals surface area contributed by atoms with Crippen molar-refractivity contribution in [2.24, 2.45) is 0 Å². The predicted molar refractivity (Wildman–Crippen MR) is 111 cm³/mol. The second-order valence-electron chi connectivity index (χ2n) is 6.75. The van der Waals surface area contributed by atoms with Gasteiger partial charge in [0, 0.05) is 19.3 Å². The maximum atomic E-state index is 12.6. The second kappa shape index (κ2) is 9.32. The molecule has 2 aromatic carbocycles. The molecule has 1 heterocycles. The van der Waals surface area contributed by atoms with E-state index in [1.807, 2.05) is 4.89 Å². The normalized spacial score (nSPS) is 16.3. The molecule has 2 aromatic rings. The summed E-state index contributed by atoms with van der Waals surface area (Å²) in [6, 6.07) is 11.0. The van der Waals surface area contributed by atoms with Crippen LogP contribution < -0.4 is 4.89 Å². The molecule has 0 radical (unpaired) electrons. The van der Waals surface area contributed by atoms with Gasteiger partial charge in [-0.1, -0.05) is 29.2 Å². The van der Waals surface area contributed by atoms with E-state index in [0.717, 1.165) is 12.3 Å². The van der Waals surface area contributed by atoms with E-state index in [-0.39, 0.29) is 29.5 Å². The van der Waals surface area contributed by atoms with Crippen LogP contribution in [0.25, 0.3) is 0 Å². The van der Waals surface area contributed by atoms with Crippen molar-refractivity contribution < 1.29 is 34.8 Å². The Balaban J connectivity index is 1.66. The molecule has 0 saturated carbocycles. The molecule has 3 rings (SSSR count). The standard InChI is InChI=1S/C18H22N2O8S3/c1-29(21,22)17-4-2-3-5-18(17)30(23,24)19-28-14-15-6-8-16(9-7-15)31(25,26)20-10-12-27-13-11-20/h2-9,19H,10-14H2,1H3. The van der Waals surface area contributed by atoms with Gasteiger partial charge < -0.3 is 4.74 Å². The van der Waals surface area contributed by atoms with Gasteiger partial charge in [-0.3, -0.25) is 4.84 Å². The van der Waals surface area contributed by atoms with Crippen LogP contribution in [0.1, 0.15) is 5.56 Å². The number of nitrogens with zero attached hydrogens (tertiary/aromatic N) is 1. The van der Waals surface area contributed by atoms with Crippen molar-refractivity contribution in [3.8, 4) is 0 Å². The molecule has 10 nitrogen and oxygen atoms in total. The number of ether oxygens (including phenoxy) is 1. The van der Waals surface area contributed by atoms with E-state index in [9.17, 15) is 25.3 Å². The molecule has 0 spiro atoms. The summed E-state index contributed by atoms with van der Waals surface area (Å²) in [5.41, 5.74) is 0.514. The molecule has 31 heavy (non-hydrogen) atoms. The Morgan fingerprint density at radius 1 is 0.903 bits per heavy atom. The van der Waals surface area contributed by atoms with E-state index in [1.54, 1.807) is 0 Å². The van der Waals surface area contributed by atoms with Crippen molar-refractivity contribution in [3.63, 3.8) is 0 Å². The quantitative estimate of drug-likeness (QED) is 0.529. The molecule has 0 aliphatic carbocycles. The van der Waals surface area contributed by atoms with Gasteiger partial charge in [0.1, 0.15) is 4.90 Å². The summed E-state index contributed by atoms with van der Waals surface area (Å²) in [4.78, 5) is 6.28. The number of sulfonamides is 2. The lowest BCUT2D eigenvalue weighted by atomic mass is 10.2. The van der Waals surface area contributed by atoms with Crippen LogP contribution in [0.3, 0.4) is 0 Å². The highest BCUT2D eigenvalue weighted by Gasteiger charge is 2.26. The largest absolute Gasteiger partial charge is 0.379 e. The van der Waals surface area contributed by atoms with Gasteiger partial charge in [-0.15, -0.1) is 0 Å². The second-order valence-corrected chi connectivity index (χ2v) is 12.3. The third-order valence-corrected chi connectivity index (χ3v) is 8.95. The average molecular weight is 491 g/mol. The van der Waals surface area contributed by atoms with Crippen molar-refractivity contribution in [2.75, 3.05) is 32.6 Å². The average Bonchev–Trinajstić information content (AvgIpc) is 2.74. The van der Waals surface area contributed by atoms with Gasteiger partial charge in [-0.2, -0.15) is 4.31 Å². The maximum absolute atomic E-state index is 12.6. The summed E-state index contributed by atoms with van der Waals surface area (Å²) < 4.78 is 80.3. The van der Waals surface area contributed by atoms with Crippen LogP contribution in [0.5, 0.6) is 0 Å². The fourth-order valence-electron chi connectivity index (χ4n) is 2.91. The highest BCUT2D eigenvalue weighted by molar-refractivity contribution is 7.93. The molecule has 170 valence electrons. The summed E-state index contributed by atoms with van der Waals surface area (Å²) in [6.07, 6.45) is 0.911. The Bertz CT molecular complexity index is 1230. The van der Waals surface area contributed by atoms with E-state index in [2.05, 4.69) is 0 Å². The van der Waals surface area contributed by atoms with Gasteiger partial charge in [0.05, 0.1) is 29.6 Å². The van der Waals surface area contributed by atoms with Crippen LogP contribution >= 0.6 is 0 Å². The number of rotatable bonds is 8. The van der Waals surface area contributed by atoms with E-state index >= 15 is 0 Å². The molecule has 0 amide bonds. The molecule has 1 fully saturated rings. The summed E-state index contributed by atoms with van der Waals surface area (Å²) in [5, 5.41) is 0. The fraction of sp³-hybridized carbons (Fsp3) is 0.333. The minimum Gasteiger partial charge on any atom is -0.379 e. The molecule has 1 N–H and O–H groups in total. The Hall–Kier alpha value is -1.87. The van der Waals surface area contributed by atoms with E-state index in [0.29, 0.717) is 18.8 Å². The Morgan fingerprint density at radius 3 is 2.06 bits per heavy atom. The fourth-order valence-corrected chi connectivity index (χ4v) is 6.75. The highest BCUT2D eigenvalue weighted by atomic mass is 32.2. The highest BCUT2D eigenvalue weighted by Crippen LogP contribution is 2.21. The zero-order chi connectivity index (χ0) is 22.7. The van der Waals surface area contributed by atoms with E-state index in [4.69, 9.17) is 9.57 Å². The molecular weight excluding hydrogens is 468 g/mol. The van der Waals surface area contributed by atoms with Gasteiger partial charge in [-0.25, -0.2) is 25.3 Å². The van der Waals surface area contributed by atoms with Crippen LogP contribution in [0.4, 0.5) is 0 Å². The zero-order valence-corrected chi connectivity index (χ0v) is 19.0. The van der Waals surface area contributed by atoms with Gasteiger partial charge in [-0.05, 0) is 29.8 Å². The monoisotopic (exact) mass is 490 g/mol. The third kappa shape index (κ3) is 5.68. The lowest BCUT2D eigenvalue weighted by molar-refractivity contribution is 0.0730. The maximum Gasteiger partial charge on any atom is 0.263 e. The van der Waals surface area contributed by atoms with Crippen molar-refractivity contribution in [1.29, 1.82) is 0 Å². The molecular formula is C18H22N2O8S3. The van der Waals surface area contributed by atoms with Crippen molar-refractivity contribution >= 4 is 29.9 Å². The summed E-state index contributed by atoms with van der Waals surface area (Å²) >= 11 is 0. The summed E-state index contributed by atoms with van der Waals surface area (Å²) in [7, 11) is -11.7. The molecule has 1 saturated heterocycles. The SMILES string of the molecule is CS(=O)(=O)c1ccccc1S(=O)(=O)NOCc1ccc(S(=O)(=O)N2CCOCC2)cc1. The molecule has 1 aliphatic heterocycles. The van der Waals surface area contributed by atoms with Gasteiger partial charge in [0.15, 0.2) is 9.84 Å². The zero-order valence-electron chi connectivity index (χ0n) is 16.6. The van der Waals surface area contributed by atoms with Crippen molar-refractivity contribution in [3.05, 3.63) is 54.1 Å². The molecule has 0 atom stereocenters. The number of sulfone groups is 1. The Labute approximate surface area is 181 Å². The van der Waals surface area contributed by atoms with Crippen LogP contribution in [0.2, 0.25) is 0 Å². The minimum absolute atomic E-state index is 0.112. The smallest absolute Gasteiger partial charge is 0.263 e. The van der Waals surface area contributed by atoms with Gasteiger partial charge in [0.25, 0.3) is 10.0 Å². The Morgan fingerprint density at radius 2 is 1.48 bits per heavy atom. The number of benzene rings is 2. The van der Waals surface area contributed by atoms with Crippen LogP contribution in [0.15, 0.2) is 63.2 Å². The molecule has 0 aromatic heterocycles. The number of morpholine rings is 1. The molecule has 0 bridgehead atoms. The topological polar surface area (TPSA) is 136 Å². The minimum atomic E-state index is -4.26. The third-order valence-electron chi connectivity index (χ3n) is 4.48. The molecule has 1 aliphatic rings. The molecule has 0 unspecified atom stereocenters. The lowest BCUT2D eigenvalue weighted by Gasteiger charge is -2.26. The first-order valence-electron chi connectivity index (χ1n) is 9.11. The number of nitrogens with one attached hydrogen (secondary N) is 1. The lowest BCUT2D eigenvalue weighted by Crippen LogP contribution is -2.40. The molecule has 13 heteroatoms. The predicted octanol–water partition coefficient (Wildman–Crippen LogP) is 0.521. The summed E-state index contributed by atoms with van der Waals surface area (Å²) in [6.45, 7) is 1.05.